The number of carbonyl (C=O) groups excluding carboxylic acids is 3. The number of carbonyl (C=O) groups is 3. The molecule has 1 fully saturated rings. The van der Waals surface area contributed by atoms with Crippen LogP contribution in [0.4, 0.5) is 4.79 Å². The third-order valence-corrected chi connectivity index (χ3v) is 4.20. The number of esters is 2. The van der Waals surface area contributed by atoms with Gasteiger partial charge in [-0.05, 0) is 44.2 Å². The molecule has 1 aliphatic rings. The van der Waals surface area contributed by atoms with Crippen LogP contribution in [0, 0.1) is 0 Å². The van der Waals surface area contributed by atoms with Gasteiger partial charge in [-0.15, -0.1) is 0 Å². The zero-order valence-corrected chi connectivity index (χ0v) is 15.2. The number of hydrogen-bond acceptors (Lipinski definition) is 7. The lowest BCUT2D eigenvalue weighted by atomic mass is 10.1. The lowest BCUT2D eigenvalue weighted by Crippen LogP contribution is -2.36. The van der Waals surface area contributed by atoms with Gasteiger partial charge in [0.05, 0.1) is 0 Å². The van der Waals surface area contributed by atoms with Crippen LogP contribution < -0.4 is 10.6 Å². The van der Waals surface area contributed by atoms with Crippen LogP contribution >= 0.6 is 0 Å². The van der Waals surface area contributed by atoms with Crippen LogP contribution in [-0.2, 0) is 25.7 Å². The van der Waals surface area contributed by atoms with Gasteiger partial charge in [-0.1, -0.05) is 30.3 Å². The Labute approximate surface area is 158 Å². The smallest absolute Gasteiger partial charge is 0.407 e. The molecular formula is C19H26N2O6. The van der Waals surface area contributed by atoms with E-state index in [1.807, 2.05) is 30.3 Å². The van der Waals surface area contributed by atoms with Crippen LogP contribution in [0.2, 0.25) is 0 Å². The summed E-state index contributed by atoms with van der Waals surface area (Å²) in [6.07, 6.45) is 0.832. The molecule has 3 N–H and O–H groups in total. The molecule has 2 rings (SSSR count). The summed E-state index contributed by atoms with van der Waals surface area (Å²) in [6, 6.07) is 8.88. The summed E-state index contributed by atoms with van der Waals surface area (Å²) in [5.41, 5.74) is 0.900. The first-order chi connectivity index (χ1) is 13.1. The molecule has 0 radical (unpaired) electrons. The summed E-state index contributed by atoms with van der Waals surface area (Å²) in [5.74, 6) is -1.57. The first kappa shape index (κ1) is 20.9. The maximum Gasteiger partial charge on any atom is 0.407 e. The SMILES string of the molecule is O=C(NCCCCC(O)C(=O)OC(=O)[C@@H]1CCCN1)OCc1ccccc1. The predicted molar refractivity (Wildman–Crippen MR) is 96.6 cm³/mol. The summed E-state index contributed by atoms with van der Waals surface area (Å²) in [7, 11) is 0. The highest BCUT2D eigenvalue weighted by molar-refractivity contribution is 5.90. The van der Waals surface area contributed by atoms with E-state index in [2.05, 4.69) is 15.4 Å². The second-order valence-electron chi connectivity index (χ2n) is 6.39. The Morgan fingerprint density at radius 1 is 1.22 bits per heavy atom. The van der Waals surface area contributed by atoms with Crippen molar-refractivity contribution in [1.29, 1.82) is 0 Å². The van der Waals surface area contributed by atoms with Crippen LogP contribution in [0.15, 0.2) is 30.3 Å². The first-order valence-corrected chi connectivity index (χ1v) is 9.18. The molecule has 1 amide bonds. The fourth-order valence-electron chi connectivity index (χ4n) is 2.67. The van der Waals surface area contributed by atoms with Crippen LogP contribution in [0.25, 0.3) is 0 Å². The summed E-state index contributed by atoms with van der Waals surface area (Å²) in [4.78, 5) is 35.0. The average molecular weight is 378 g/mol. The fraction of sp³-hybridized carbons (Fsp3) is 0.526. The van der Waals surface area contributed by atoms with E-state index < -0.39 is 30.2 Å². The molecule has 2 atom stereocenters. The van der Waals surface area contributed by atoms with Gasteiger partial charge in [0.15, 0.2) is 6.10 Å². The van der Waals surface area contributed by atoms with Crippen LogP contribution in [-0.4, -0.2) is 48.4 Å². The minimum atomic E-state index is -1.35. The van der Waals surface area contributed by atoms with Gasteiger partial charge in [-0.2, -0.15) is 0 Å². The van der Waals surface area contributed by atoms with Crippen molar-refractivity contribution >= 4 is 18.0 Å². The van der Waals surface area contributed by atoms with E-state index in [-0.39, 0.29) is 13.0 Å². The molecule has 27 heavy (non-hydrogen) atoms. The third-order valence-electron chi connectivity index (χ3n) is 4.20. The maximum absolute atomic E-state index is 11.7. The van der Waals surface area contributed by atoms with Gasteiger partial charge in [0.1, 0.15) is 12.6 Å². The van der Waals surface area contributed by atoms with E-state index in [1.54, 1.807) is 0 Å². The van der Waals surface area contributed by atoms with E-state index in [0.29, 0.717) is 25.8 Å². The number of ether oxygens (including phenoxy) is 2. The molecule has 1 aliphatic heterocycles. The Kier molecular flexibility index (Phi) is 8.73. The van der Waals surface area contributed by atoms with Crippen molar-refractivity contribution in [1.82, 2.24) is 10.6 Å². The monoisotopic (exact) mass is 378 g/mol. The predicted octanol–water partition coefficient (Wildman–Crippen LogP) is 1.27. The van der Waals surface area contributed by atoms with Crippen molar-refractivity contribution < 1.29 is 29.0 Å². The number of aliphatic hydroxyl groups is 1. The maximum atomic E-state index is 11.7. The molecule has 0 saturated carbocycles. The summed E-state index contributed by atoms with van der Waals surface area (Å²) >= 11 is 0. The van der Waals surface area contributed by atoms with Gasteiger partial charge < -0.3 is 25.2 Å². The van der Waals surface area contributed by atoms with Crippen molar-refractivity contribution in [3.63, 3.8) is 0 Å². The van der Waals surface area contributed by atoms with Crippen LogP contribution in [0.5, 0.6) is 0 Å². The van der Waals surface area contributed by atoms with Gasteiger partial charge in [0.2, 0.25) is 0 Å². The number of rotatable bonds is 9. The van der Waals surface area contributed by atoms with Crippen molar-refractivity contribution in [2.75, 3.05) is 13.1 Å². The quantitative estimate of drug-likeness (QED) is 0.337. The van der Waals surface area contributed by atoms with E-state index in [4.69, 9.17) is 4.74 Å². The first-order valence-electron chi connectivity index (χ1n) is 9.18. The Morgan fingerprint density at radius 3 is 2.70 bits per heavy atom. The number of aliphatic hydroxyl groups excluding tert-OH is 1. The number of benzene rings is 1. The highest BCUT2D eigenvalue weighted by atomic mass is 16.6. The Morgan fingerprint density at radius 2 is 2.00 bits per heavy atom. The van der Waals surface area contributed by atoms with E-state index in [1.165, 1.54) is 0 Å². The number of unbranched alkanes of at least 4 members (excludes halogenated alkanes) is 1. The van der Waals surface area contributed by atoms with E-state index >= 15 is 0 Å². The number of hydrogen-bond donors (Lipinski definition) is 3. The van der Waals surface area contributed by atoms with Gasteiger partial charge in [-0.3, -0.25) is 0 Å². The van der Waals surface area contributed by atoms with Crippen LogP contribution in [0.3, 0.4) is 0 Å². The second kappa shape index (κ2) is 11.3. The topological polar surface area (TPSA) is 114 Å². The summed E-state index contributed by atoms with van der Waals surface area (Å²) < 4.78 is 9.75. The van der Waals surface area contributed by atoms with Crippen molar-refractivity contribution in [2.24, 2.45) is 0 Å². The highest BCUT2D eigenvalue weighted by Gasteiger charge is 2.27. The minimum absolute atomic E-state index is 0.158. The Hall–Kier alpha value is -2.45. The van der Waals surface area contributed by atoms with E-state index in [9.17, 15) is 19.5 Å². The van der Waals surface area contributed by atoms with Crippen molar-refractivity contribution in [3.05, 3.63) is 35.9 Å². The zero-order chi connectivity index (χ0) is 19.5. The number of nitrogens with one attached hydrogen (secondary N) is 2. The molecule has 0 spiro atoms. The lowest BCUT2D eigenvalue weighted by molar-refractivity contribution is -0.167. The van der Waals surface area contributed by atoms with Gasteiger partial charge in [0, 0.05) is 6.54 Å². The standard InChI is InChI=1S/C19H26N2O6/c22-16(18(24)27-17(23)15-9-6-12-20-15)10-4-5-11-21-19(25)26-13-14-7-2-1-3-8-14/h1-3,7-8,15-16,20,22H,4-6,9-13H2,(H,21,25)/t15-,16?/m0/s1. The van der Waals surface area contributed by atoms with E-state index in [0.717, 1.165) is 18.5 Å². The molecule has 148 valence electrons. The largest absolute Gasteiger partial charge is 0.445 e. The number of amides is 1. The molecule has 1 heterocycles. The van der Waals surface area contributed by atoms with Gasteiger partial charge in [0.25, 0.3) is 0 Å². The molecular weight excluding hydrogens is 352 g/mol. The fourth-order valence-corrected chi connectivity index (χ4v) is 2.67. The van der Waals surface area contributed by atoms with Crippen LogP contribution in [0.1, 0.15) is 37.7 Å². The summed E-state index contributed by atoms with van der Waals surface area (Å²) in [5, 5.41) is 15.3. The molecule has 1 saturated heterocycles. The Balaban J connectivity index is 1.51. The summed E-state index contributed by atoms with van der Waals surface area (Å²) in [6.45, 7) is 1.28. The van der Waals surface area contributed by atoms with Crippen molar-refractivity contribution in [2.45, 2.75) is 50.9 Å². The molecule has 0 bridgehead atoms. The normalized spacial score (nSPS) is 17.1. The van der Waals surface area contributed by atoms with Crippen molar-refractivity contribution in [3.8, 4) is 0 Å². The molecule has 8 heteroatoms. The number of alkyl carbamates (subject to hydrolysis) is 1. The second-order valence-corrected chi connectivity index (χ2v) is 6.39. The highest BCUT2D eigenvalue weighted by Crippen LogP contribution is 2.09. The van der Waals surface area contributed by atoms with Gasteiger partial charge >= 0.3 is 18.0 Å². The average Bonchev–Trinajstić information content (AvgIpc) is 3.21. The van der Waals surface area contributed by atoms with Gasteiger partial charge in [-0.25, -0.2) is 14.4 Å². The molecule has 1 unspecified atom stereocenters. The Bertz CT molecular complexity index is 616. The molecule has 1 aromatic rings. The molecule has 0 aromatic heterocycles. The molecule has 0 aliphatic carbocycles. The molecule has 1 aromatic carbocycles. The zero-order valence-electron chi connectivity index (χ0n) is 15.2. The third kappa shape index (κ3) is 7.76. The molecule has 8 nitrogen and oxygen atoms in total. The lowest BCUT2D eigenvalue weighted by Gasteiger charge is -2.12. The minimum Gasteiger partial charge on any atom is -0.445 e.